The first-order valence-electron chi connectivity index (χ1n) is 6.38. The molecule has 0 amide bonds. The van der Waals surface area contributed by atoms with Crippen LogP contribution in [0.5, 0.6) is 5.75 Å². The molecule has 100 valence electrons. The van der Waals surface area contributed by atoms with Crippen molar-refractivity contribution < 1.29 is 4.74 Å². The molecule has 0 aromatic heterocycles. The molecule has 1 heterocycles. The molecule has 20 heavy (non-hydrogen) atoms. The average molecular weight is 285 g/mol. The number of benzene rings is 2. The normalized spacial score (nSPS) is 16.0. The quantitative estimate of drug-likeness (QED) is 0.942. The minimum atomic E-state index is -0.419. The van der Waals surface area contributed by atoms with Crippen LogP contribution in [0, 0.1) is 11.3 Å². The highest BCUT2D eigenvalue weighted by Crippen LogP contribution is 2.34. The molecule has 0 saturated carbocycles. The molecule has 1 saturated heterocycles. The summed E-state index contributed by atoms with van der Waals surface area (Å²) in [4.78, 5) is 0. The van der Waals surface area contributed by atoms with Crippen molar-refractivity contribution in [3.05, 3.63) is 64.7 Å². The van der Waals surface area contributed by atoms with Gasteiger partial charge in [0.25, 0.3) is 0 Å². The van der Waals surface area contributed by atoms with Crippen molar-refractivity contribution in [2.24, 2.45) is 0 Å². The number of ether oxygens (including phenoxy) is 1. The molecule has 0 bridgehead atoms. The zero-order valence-corrected chi connectivity index (χ0v) is 11.5. The lowest BCUT2D eigenvalue weighted by atomic mass is 9.87. The molecule has 4 heteroatoms. The summed E-state index contributed by atoms with van der Waals surface area (Å²) < 4.78 is 6.16. The molecule has 0 spiro atoms. The van der Waals surface area contributed by atoms with Gasteiger partial charge in [-0.25, -0.2) is 0 Å². The molecule has 2 aromatic rings. The van der Waals surface area contributed by atoms with Crippen LogP contribution in [0.1, 0.15) is 11.1 Å². The minimum Gasteiger partial charge on any atom is -0.478 e. The van der Waals surface area contributed by atoms with Crippen molar-refractivity contribution >= 4 is 11.6 Å². The number of hydrogen-bond donors (Lipinski definition) is 1. The van der Waals surface area contributed by atoms with E-state index in [9.17, 15) is 5.26 Å². The number of nitrogens with zero attached hydrogens (tertiary/aromatic N) is 1. The Morgan fingerprint density at radius 3 is 2.50 bits per heavy atom. The second-order valence-electron chi connectivity index (χ2n) is 4.82. The lowest BCUT2D eigenvalue weighted by Crippen LogP contribution is -2.60. The van der Waals surface area contributed by atoms with Gasteiger partial charge in [0.15, 0.2) is 5.60 Å². The molecule has 2 aromatic carbocycles. The van der Waals surface area contributed by atoms with E-state index in [1.54, 1.807) is 18.2 Å². The Morgan fingerprint density at radius 2 is 1.90 bits per heavy atom. The van der Waals surface area contributed by atoms with Crippen LogP contribution in [0.15, 0.2) is 48.5 Å². The molecule has 0 radical (unpaired) electrons. The first-order valence-corrected chi connectivity index (χ1v) is 6.76. The predicted octanol–water partition coefficient (Wildman–Crippen LogP) is 3.09. The summed E-state index contributed by atoms with van der Waals surface area (Å²) in [5, 5.41) is 13.0. The number of hydrogen-bond acceptors (Lipinski definition) is 3. The lowest BCUT2D eigenvalue weighted by Gasteiger charge is -2.43. The summed E-state index contributed by atoms with van der Waals surface area (Å²) in [7, 11) is 0. The first kappa shape index (κ1) is 13.0. The second-order valence-corrected chi connectivity index (χ2v) is 5.25. The van der Waals surface area contributed by atoms with Crippen LogP contribution in [0.25, 0.3) is 0 Å². The molecule has 1 N–H and O–H groups in total. The van der Waals surface area contributed by atoms with Crippen LogP contribution in [0.3, 0.4) is 0 Å². The fourth-order valence-electron chi connectivity index (χ4n) is 2.31. The highest BCUT2D eigenvalue weighted by molar-refractivity contribution is 6.30. The predicted molar refractivity (Wildman–Crippen MR) is 77.8 cm³/mol. The van der Waals surface area contributed by atoms with Gasteiger partial charge in [0.05, 0.1) is 5.56 Å². The molecule has 3 rings (SSSR count). The smallest absolute Gasteiger partial charge is 0.159 e. The van der Waals surface area contributed by atoms with Crippen LogP contribution in [-0.2, 0) is 5.60 Å². The Morgan fingerprint density at radius 1 is 1.15 bits per heavy atom. The Labute approximate surface area is 122 Å². The van der Waals surface area contributed by atoms with Crippen molar-refractivity contribution in [3.8, 4) is 11.8 Å². The van der Waals surface area contributed by atoms with Gasteiger partial charge in [-0.05, 0) is 17.7 Å². The number of halogens is 1. The molecule has 1 fully saturated rings. The van der Waals surface area contributed by atoms with E-state index in [-0.39, 0.29) is 0 Å². The average Bonchev–Trinajstić information content (AvgIpc) is 2.44. The van der Waals surface area contributed by atoms with Crippen LogP contribution in [0.4, 0.5) is 0 Å². The summed E-state index contributed by atoms with van der Waals surface area (Å²) in [6.45, 7) is 1.43. The Balaban J connectivity index is 1.97. The third kappa shape index (κ3) is 2.24. The van der Waals surface area contributed by atoms with Gasteiger partial charge < -0.3 is 10.1 Å². The van der Waals surface area contributed by atoms with Gasteiger partial charge in [-0.1, -0.05) is 41.9 Å². The van der Waals surface area contributed by atoms with E-state index in [1.165, 1.54) is 0 Å². The standard InChI is InChI=1S/C16H13ClN2O/c17-14-7-6-12(9-18)15(8-14)20-16(10-19-11-16)13-4-2-1-3-5-13/h1-8,19H,10-11H2. The van der Waals surface area contributed by atoms with E-state index in [0.29, 0.717) is 29.4 Å². The van der Waals surface area contributed by atoms with Crippen LogP contribution in [0.2, 0.25) is 5.02 Å². The summed E-state index contributed by atoms with van der Waals surface area (Å²) >= 11 is 6.00. The summed E-state index contributed by atoms with van der Waals surface area (Å²) in [5.41, 5.74) is 1.18. The number of nitriles is 1. The Kier molecular flexibility index (Phi) is 3.35. The molecule has 0 unspecified atom stereocenters. The maximum atomic E-state index is 9.18. The van der Waals surface area contributed by atoms with Crippen LogP contribution in [-0.4, -0.2) is 13.1 Å². The van der Waals surface area contributed by atoms with E-state index < -0.39 is 5.60 Å². The highest BCUT2D eigenvalue weighted by atomic mass is 35.5. The van der Waals surface area contributed by atoms with Gasteiger partial charge in [0, 0.05) is 24.2 Å². The lowest BCUT2D eigenvalue weighted by molar-refractivity contribution is 0.0119. The molecule has 1 aliphatic rings. The largest absolute Gasteiger partial charge is 0.478 e. The van der Waals surface area contributed by atoms with Crippen molar-refractivity contribution in [2.75, 3.05) is 13.1 Å². The molecule has 1 aliphatic heterocycles. The maximum Gasteiger partial charge on any atom is 0.159 e. The van der Waals surface area contributed by atoms with Gasteiger partial charge in [-0.15, -0.1) is 0 Å². The zero-order valence-electron chi connectivity index (χ0n) is 10.8. The highest BCUT2D eigenvalue weighted by Gasteiger charge is 2.41. The minimum absolute atomic E-state index is 0.419. The molecule has 3 nitrogen and oxygen atoms in total. The Bertz CT molecular complexity index is 660. The fraction of sp³-hybridized carbons (Fsp3) is 0.188. The van der Waals surface area contributed by atoms with Crippen molar-refractivity contribution in [1.29, 1.82) is 5.26 Å². The van der Waals surface area contributed by atoms with Crippen LogP contribution < -0.4 is 10.1 Å². The maximum absolute atomic E-state index is 9.18. The zero-order chi connectivity index (χ0) is 14.0. The molecular weight excluding hydrogens is 272 g/mol. The third-order valence-corrected chi connectivity index (χ3v) is 3.73. The number of nitrogens with one attached hydrogen (secondary N) is 1. The summed E-state index contributed by atoms with van der Waals surface area (Å²) in [6.07, 6.45) is 0. The van der Waals surface area contributed by atoms with E-state index >= 15 is 0 Å². The first-order chi connectivity index (χ1) is 9.73. The molecule has 0 atom stereocenters. The van der Waals surface area contributed by atoms with Gasteiger partial charge in [-0.3, -0.25) is 0 Å². The third-order valence-electron chi connectivity index (χ3n) is 3.49. The van der Waals surface area contributed by atoms with E-state index in [1.807, 2.05) is 30.3 Å². The van der Waals surface area contributed by atoms with Gasteiger partial charge in [-0.2, -0.15) is 5.26 Å². The van der Waals surface area contributed by atoms with Crippen LogP contribution >= 0.6 is 11.6 Å². The Hall–Kier alpha value is -2.02. The van der Waals surface area contributed by atoms with Crippen molar-refractivity contribution in [1.82, 2.24) is 5.32 Å². The summed E-state index contributed by atoms with van der Waals surface area (Å²) in [5.74, 6) is 0.533. The van der Waals surface area contributed by atoms with Gasteiger partial charge in [0.2, 0.25) is 0 Å². The molecule has 0 aliphatic carbocycles. The number of rotatable bonds is 3. The second kappa shape index (κ2) is 5.16. The van der Waals surface area contributed by atoms with Gasteiger partial charge >= 0.3 is 0 Å². The fourth-order valence-corrected chi connectivity index (χ4v) is 2.47. The van der Waals surface area contributed by atoms with Crippen molar-refractivity contribution in [3.63, 3.8) is 0 Å². The topological polar surface area (TPSA) is 45.0 Å². The van der Waals surface area contributed by atoms with Crippen molar-refractivity contribution in [2.45, 2.75) is 5.60 Å². The molecular formula is C16H13ClN2O. The summed E-state index contributed by atoms with van der Waals surface area (Å²) in [6, 6.07) is 17.2. The van der Waals surface area contributed by atoms with Gasteiger partial charge in [0.1, 0.15) is 11.8 Å². The van der Waals surface area contributed by atoms with E-state index in [2.05, 4.69) is 11.4 Å². The monoisotopic (exact) mass is 284 g/mol. The SMILES string of the molecule is N#Cc1ccc(Cl)cc1OC1(c2ccccc2)CNC1. The van der Waals surface area contributed by atoms with E-state index in [0.717, 1.165) is 5.56 Å². The van der Waals surface area contributed by atoms with E-state index in [4.69, 9.17) is 16.3 Å².